The fraction of sp³-hybridized carbons (Fsp3) is 0.500. The Morgan fingerprint density at radius 3 is 2.86 bits per heavy atom. The van der Waals surface area contributed by atoms with E-state index in [4.69, 9.17) is 4.74 Å². The van der Waals surface area contributed by atoms with E-state index in [1.54, 1.807) is 24.3 Å². The third kappa shape index (κ3) is 4.56. The summed E-state index contributed by atoms with van der Waals surface area (Å²) in [7, 11) is 0. The highest BCUT2D eigenvalue weighted by molar-refractivity contribution is 5.98. The molecule has 1 heterocycles. The Kier molecular flexibility index (Phi) is 5.33. The molecule has 2 rings (SSSR count). The summed E-state index contributed by atoms with van der Waals surface area (Å²) < 4.78 is 5.34. The Labute approximate surface area is 125 Å². The molecule has 0 bridgehead atoms. The molecule has 2 amide bonds. The second-order valence-electron chi connectivity index (χ2n) is 5.68. The summed E-state index contributed by atoms with van der Waals surface area (Å²) in [5.41, 5.74) is 1.16. The number of hydrogen-bond acceptors (Lipinski definition) is 3. The molecule has 1 saturated heterocycles. The van der Waals surface area contributed by atoms with Gasteiger partial charge >= 0.3 is 0 Å². The maximum absolute atomic E-state index is 12.0. The molecular weight excluding hydrogens is 268 g/mol. The Balaban J connectivity index is 1.96. The van der Waals surface area contributed by atoms with E-state index in [0.29, 0.717) is 30.3 Å². The van der Waals surface area contributed by atoms with Crippen molar-refractivity contribution in [1.29, 1.82) is 0 Å². The van der Waals surface area contributed by atoms with Crippen LogP contribution in [0.25, 0.3) is 0 Å². The second-order valence-corrected chi connectivity index (χ2v) is 5.68. The van der Waals surface area contributed by atoms with Crippen molar-refractivity contribution in [2.75, 3.05) is 18.5 Å². The van der Waals surface area contributed by atoms with Crippen LogP contribution < -0.4 is 10.6 Å². The molecule has 0 spiro atoms. The normalized spacial score (nSPS) is 17.8. The van der Waals surface area contributed by atoms with Gasteiger partial charge < -0.3 is 15.4 Å². The van der Waals surface area contributed by atoms with Crippen molar-refractivity contribution in [3.8, 4) is 0 Å². The van der Waals surface area contributed by atoms with Gasteiger partial charge in [-0.2, -0.15) is 0 Å². The predicted molar refractivity (Wildman–Crippen MR) is 81.2 cm³/mol. The van der Waals surface area contributed by atoms with Gasteiger partial charge in [0.25, 0.3) is 11.8 Å². The van der Waals surface area contributed by atoms with Gasteiger partial charge in [0.1, 0.15) is 6.10 Å². The Bertz CT molecular complexity index is 508. The van der Waals surface area contributed by atoms with Crippen LogP contribution in [0.1, 0.15) is 37.0 Å². The van der Waals surface area contributed by atoms with Gasteiger partial charge in [-0.15, -0.1) is 0 Å². The molecule has 1 aromatic carbocycles. The molecule has 1 atom stereocenters. The van der Waals surface area contributed by atoms with Gasteiger partial charge in [-0.3, -0.25) is 9.59 Å². The first kappa shape index (κ1) is 15.5. The highest BCUT2D eigenvalue weighted by atomic mass is 16.5. The highest BCUT2D eigenvalue weighted by Crippen LogP contribution is 2.16. The van der Waals surface area contributed by atoms with Crippen LogP contribution in [0.4, 0.5) is 5.69 Å². The van der Waals surface area contributed by atoms with Crippen molar-refractivity contribution in [2.24, 2.45) is 5.92 Å². The zero-order chi connectivity index (χ0) is 15.2. The van der Waals surface area contributed by atoms with Crippen molar-refractivity contribution < 1.29 is 14.3 Å². The maximum Gasteiger partial charge on any atom is 0.253 e. The molecule has 0 aliphatic carbocycles. The number of nitrogens with one attached hydrogen (secondary N) is 2. The van der Waals surface area contributed by atoms with Gasteiger partial charge in [-0.05, 0) is 37.0 Å². The Morgan fingerprint density at radius 2 is 2.19 bits per heavy atom. The third-order valence-electron chi connectivity index (χ3n) is 3.29. The molecule has 2 N–H and O–H groups in total. The number of hydrogen-bond donors (Lipinski definition) is 2. The molecular formula is C16H22N2O3. The number of benzene rings is 1. The van der Waals surface area contributed by atoms with Gasteiger partial charge in [0, 0.05) is 24.4 Å². The van der Waals surface area contributed by atoms with Crippen LogP contribution >= 0.6 is 0 Å². The minimum atomic E-state index is -0.372. The number of anilines is 1. The molecule has 5 nitrogen and oxygen atoms in total. The van der Waals surface area contributed by atoms with Crippen molar-refractivity contribution >= 4 is 17.5 Å². The van der Waals surface area contributed by atoms with E-state index in [0.717, 1.165) is 12.8 Å². The second kappa shape index (κ2) is 7.22. The minimum absolute atomic E-state index is 0.128. The largest absolute Gasteiger partial charge is 0.368 e. The molecule has 1 aromatic rings. The molecule has 1 aliphatic rings. The van der Waals surface area contributed by atoms with E-state index < -0.39 is 0 Å². The van der Waals surface area contributed by atoms with Crippen molar-refractivity contribution in [3.05, 3.63) is 29.8 Å². The molecule has 0 saturated carbocycles. The van der Waals surface area contributed by atoms with Crippen LogP contribution in [0, 0.1) is 5.92 Å². The standard InChI is InChI=1S/C16H22N2O3/c1-11(2)10-17-15(19)12-5-3-6-13(9-12)18-16(20)14-7-4-8-21-14/h3,5-6,9,11,14H,4,7-8,10H2,1-2H3,(H,17,19)(H,18,20)/t14-/m0/s1. The summed E-state index contributed by atoms with van der Waals surface area (Å²) in [6.45, 7) is 5.35. The quantitative estimate of drug-likeness (QED) is 0.873. The summed E-state index contributed by atoms with van der Waals surface area (Å²) in [6, 6.07) is 6.95. The molecule has 114 valence electrons. The average Bonchev–Trinajstić information content (AvgIpc) is 2.99. The van der Waals surface area contributed by atoms with E-state index in [1.165, 1.54) is 0 Å². The molecule has 0 radical (unpaired) electrons. The van der Waals surface area contributed by atoms with Crippen LogP contribution in [0.3, 0.4) is 0 Å². The lowest BCUT2D eigenvalue weighted by atomic mass is 10.1. The van der Waals surface area contributed by atoms with Gasteiger partial charge in [0.2, 0.25) is 0 Å². The van der Waals surface area contributed by atoms with Crippen LogP contribution in [0.5, 0.6) is 0 Å². The van der Waals surface area contributed by atoms with Crippen molar-refractivity contribution in [1.82, 2.24) is 5.32 Å². The lowest BCUT2D eigenvalue weighted by Crippen LogP contribution is -2.28. The highest BCUT2D eigenvalue weighted by Gasteiger charge is 2.23. The summed E-state index contributed by atoms with van der Waals surface area (Å²) >= 11 is 0. The van der Waals surface area contributed by atoms with Crippen molar-refractivity contribution in [3.63, 3.8) is 0 Å². The zero-order valence-corrected chi connectivity index (χ0v) is 12.5. The first-order valence-corrected chi connectivity index (χ1v) is 7.37. The van der Waals surface area contributed by atoms with Gasteiger partial charge in [0.15, 0.2) is 0 Å². The van der Waals surface area contributed by atoms with Crippen LogP contribution in [0.15, 0.2) is 24.3 Å². The Hall–Kier alpha value is -1.88. The number of rotatable bonds is 5. The summed E-state index contributed by atoms with van der Waals surface area (Å²) in [5, 5.41) is 5.66. The number of amides is 2. The average molecular weight is 290 g/mol. The molecule has 21 heavy (non-hydrogen) atoms. The molecule has 1 fully saturated rings. The topological polar surface area (TPSA) is 67.4 Å². The van der Waals surface area contributed by atoms with Gasteiger partial charge in [-0.1, -0.05) is 19.9 Å². The van der Waals surface area contributed by atoms with Crippen LogP contribution in [0.2, 0.25) is 0 Å². The van der Waals surface area contributed by atoms with Gasteiger partial charge in [-0.25, -0.2) is 0 Å². The molecule has 1 aliphatic heterocycles. The number of carbonyl (C=O) groups excluding carboxylic acids is 2. The summed E-state index contributed by atoms with van der Waals surface area (Å²) in [6.07, 6.45) is 1.29. The molecule has 5 heteroatoms. The van der Waals surface area contributed by atoms with Crippen LogP contribution in [-0.2, 0) is 9.53 Å². The van der Waals surface area contributed by atoms with Gasteiger partial charge in [0.05, 0.1) is 0 Å². The Morgan fingerprint density at radius 1 is 1.38 bits per heavy atom. The minimum Gasteiger partial charge on any atom is -0.368 e. The third-order valence-corrected chi connectivity index (χ3v) is 3.29. The lowest BCUT2D eigenvalue weighted by Gasteiger charge is -2.12. The first-order valence-electron chi connectivity index (χ1n) is 7.37. The monoisotopic (exact) mass is 290 g/mol. The zero-order valence-electron chi connectivity index (χ0n) is 12.5. The molecule has 0 unspecified atom stereocenters. The van der Waals surface area contributed by atoms with E-state index in [9.17, 15) is 9.59 Å². The SMILES string of the molecule is CC(C)CNC(=O)c1cccc(NC(=O)[C@@H]2CCCO2)c1. The molecule has 0 aromatic heterocycles. The van der Waals surface area contributed by atoms with E-state index >= 15 is 0 Å². The summed E-state index contributed by atoms with van der Waals surface area (Å²) in [4.78, 5) is 24.0. The number of ether oxygens (including phenoxy) is 1. The van der Waals surface area contributed by atoms with E-state index in [-0.39, 0.29) is 17.9 Å². The van der Waals surface area contributed by atoms with Crippen LogP contribution in [-0.4, -0.2) is 31.1 Å². The van der Waals surface area contributed by atoms with E-state index in [2.05, 4.69) is 10.6 Å². The lowest BCUT2D eigenvalue weighted by molar-refractivity contribution is -0.124. The fourth-order valence-corrected chi connectivity index (χ4v) is 2.14. The fourth-order valence-electron chi connectivity index (χ4n) is 2.14. The predicted octanol–water partition coefficient (Wildman–Crippen LogP) is 2.19. The van der Waals surface area contributed by atoms with E-state index in [1.807, 2.05) is 13.8 Å². The maximum atomic E-state index is 12.0. The number of carbonyl (C=O) groups is 2. The smallest absolute Gasteiger partial charge is 0.253 e. The van der Waals surface area contributed by atoms with Crippen molar-refractivity contribution in [2.45, 2.75) is 32.8 Å². The summed E-state index contributed by atoms with van der Waals surface area (Å²) in [5.74, 6) is 0.125. The first-order chi connectivity index (χ1) is 10.1.